The van der Waals surface area contributed by atoms with Gasteiger partial charge in [0.25, 0.3) is 0 Å². The van der Waals surface area contributed by atoms with E-state index in [9.17, 15) is 4.79 Å². The van der Waals surface area contributed by atoms with Crippen LogP contribution in [0.15, 0.2) is 6.20 Å². The molecule has 4 heteroatoms. The molecule has 0 saturated heterocycles. The van der Waals surface area contributed by atoms with Crippen LogP contribution in [0.4, 0.5) is 0 Å². The van der Waals surface area contributed by atoms with Gasteiger partial charge in [-0.1, -0.05) is 19.8 Å². The maximum atomic E-state index is 11.0. The van der Waals surface area contributed by atoms with Gasteiger partial charge in [0.15, 0.2) is 5.69 Å². The van der Waals surface area contributed by atoms with E-state index in [0.29, 0.717) is 11.4 Å². The molecule has 1 heterocycles. The summed E-state index contributed by atoms with van der Waals surface area (Å²) >= 11 is 0. The second-order valence-electron chi connectivity index (χ2n) is 4.80. The lowest BCUT2D eigenvalue weighted by Crippen LogP contribution is -2.22. The number of aromatic carboxylic acids is 1. The number of nitrogens with zero attached hydrogens (tertiary/aromatic N) is 2. The highest BCUT2D eigenvalue weighted by Gasteiger charge is 2.34. The van der Waals surface area contributed by atoms with Crippen LogP contribution in [-0.2, 0) is 5.41 Å². The van der Waals surface area contributed by atoms with Crippen molar-refractivity contribution in [3.63, 3.8) is 0 Å². The molecule has 0 radical (unpaired) electrons. The van der Waals surface area contributed by atoms with Crippen LogP contribution in [0.5, 0.6) is 0 Å². The minimum Gasteiger partial charge on any atom is -0.477 e. The van der Waals surface area contributed by atoms with Crippen molar-refractivity contribution in [3.8, 4) is 0 Å². The van der Waals surface area contributed by atoms with Gasteiger partial charge in [-0.2, -0.15) is 0 Å². The Morgan fingerprint density at radius 2 is 2.06 bits per heavy atom. The zero-order chi connectivity index (χ0) is 11.8. The summed E-state index contributed by atoms with van der Waals surface area (Å²) in [6, 6.07) is 0. The third-order valence-electron chi connectivity index (χ3n) is 3.42. The van der Waals surface area contributed by atoms with Crippen LogP contribution in [0.25, 0.3) is 0 Å². The molecule has 1 aromatic rings. The second-order valence-corrected chi connectivity index (χ2v) is 4.80. The SMILES string of the molecule is Cc1cnc(C2(C)CCCC2)nc1C(=O)O. The number of aromatic nitrogens is 2. The van der Waals surface area contributed by atoms with Crippen molar-refractivity contribution >= 4 is 5.97 Å². The summed E-state index contributed by atoms with van der Waals surface area (Å²) in [5.41, 5.74) is 0.730. The largest absolute Gasteiger partial charge is 0.477 e. The summed E-state index contributed by atoms with van der Waals surface area (Å²) < 4.78 is 0. The summed E-state index contributed by atoms with van der Waals surface area (Å²) in [5, 5.41) is 9.03. The first kappa shape index (κ1) is 11.0. The Balaban J connectivity index is 2.43. The molecule has 0 spiro atoms. The molecule has 1 aliphatic carbocycles. The monoisotopic (exact) mass is 220 g/mol. The van der Waals surface area contributed by atoms with Gasteiger partial charge in [0.05, 0.1) is 0 Å². The highest BCUT2D eigenvalue weighted by Crippen LogP contribution is 2.38. The smallest absolute Gasteiger partial charge is 0.354 e. The molecule has 1 saturated carbocycles. The molecule has 1 fully saturated rings. The number of carbonyl (C=O) groups is 1. The maximum Gasteiger partial charge on any atom is 0.354 e. The molecule has 86 valence electrons. The highest BCUT2D eigenvalue weighted by molar-refractivity contribution is 5.86. The molecule has 0 unspecified atom stereocenters. The van der Waals surface area contributed by atoms with E-state index in [4.69, 9.17) is 5.11 Å². The third-order valence-corrected chi connectivity index (χ3v) is 3.42. The van der Waals surface area contributed by atoms with Crippen molar-refractivity contribution in [3.05, 3.63) is 23.3 Å². The fraction of sp³-hybridized carbons (Fsp3) is 0.583. The molecule has 0 aromatic carbocycles. The van der Waals surface area contributed by atoms with Gasteiger partial charge in [-0.05, 0) is 19.8 Å². The highest BCUT2D eigenvalue weighted by atomic mass is 16.4. The molecule has 0 atom stereocenters. The number of hydrogen-bond donors (Lipinski definition) is 1. The van der Waals surface area contributed by atoms with E-state index >= 15 is 0 Å². The molecule has 1 aromatic heterocycles. The zero-order valence-electron chi connectivity index (χ0n) is 9.66. The summed E-state index contributed by atoms with van der Waals surface area (Å²) in [6.45, 7) is 3.85. The molecule has 16 heavy (non-hydrogen) atoms. The minimum absolute atomic E-state index is 0.0299. The van der Waals surface area contributed by atoms with E-state index < -0.39 is 5.97 Å². The molecule has 1 N–H and O–H groups in total. The second kappa shape index (κ2) is 3.85. The molecule has 0 bridgehead atoms. The lowest BCUT2D eigenvalue weighted by Gasteiger charge is -2.21. The lowest BCUT2D eigenvalue weighted by atomic mass is 9.88. The van der Waals surface area contributed by atoms with Crippen LogP contribution < -0.4 is 0 Å². The third kappa shape index (κ3) is 1.79. The van der Waals surface area contributed by atoms with Crippen molar-refractivity contribution in [2.75, 3.05) is 0 Å². The van der Waals surface area contributed by atoms with Gasteiger partial charge in [-0.25, -0.2) is 14.8 Å². The average molecular weight is 220 g/mol. The van der Waals surface area contributed by atoms with E-state index in [2.05, 4.69) is 16.9 Å². The normalized spacial score (nSPS) is 18.6. The van der Waals surface area contributed by atoms with Crippen LogP contribution in [0, 0.1) is 6.92 Å². The first-order valence-corrected chi connectivity index (χ1v) is 5.60. The van der Waals surface area contributed by atoms with Crippen LogP contribution in [-0.4, -0.2) is 21.0 Å². The van der Waals surface area contributed by atoms with E-state index in [0.717, 1.165) is 12.8 Å². The summed E-state index contributed by atoms with van der Waals surface area (Å²) in [7, 11) is 0. The summed E-state index contributed by atoms with van der Waals surface area (Å²) in [5.74, 6) is -0.282. The Morgan fingerprint density at radius 1 is 1.44 bits per heavy atom. The summed E-state index contributed by atoms with van der Waals surface area (Å²) in [4.78, 5) is 19.5. The van der Waals surface area contributed by atoms with Crippen molar-refractivity contribution in [1.82, 2.24) is 9.97 Å². The lowest BCUT2D eigenvalue weighted by molar-refractivity contribution is 0.0688. The molecule has 0 amide bonds. The number of rotatable bonds is 2. The number of hydrogen-bond acceptors (Lipinski definition) is 3. The van der Waals surface area contributed by atoms with Crippen LogP contribution >= 0.6 is 0 Å². The van der Waals surface area contributed by atoms with Crippen LogP contribution in [0.3, 0.4) is 0 Å². The summed E-state index contributed by atoms with van der Waals surface area (Å²) in [6.07, 6.45) is 6.08. The Hall–Kier alpha value is -1.45. The van der Waals surface area contributed by atoms with Crippen LogP contribution in [0.1, 0.15) is 54.5 Å². The van der Waals surface area contributed by atoms with E-state index in [-0.39, 0.29) is 11.1 Å². The van der Waals surface area contributed by atoms with Crippen molar-refractivity contribution in [2.24, 2.45) is 0 Å². The molecular weight excluding hydrogens is 204 g/mol. The van der Waals surface area contributed by atoms with Gasteiger partial charge in [0, 0.05) is 17.2 Å². The first-order chi connectivity index (χ1) is 7.53. The van der Waals surface area contributed by atoms with Crippen molar-refractivity contribution in [2.45, 2.75) is 44.9 Å². The molecule has 0 aliphatic heterocycles. The first-order valence-electron chi connectivity index (χ1n) is 5.60. The van der Waals surface area contributed by atoms with Crippen molar-refractivity contribution < 1.29 is 9.90 Å². The standard InChI is InChI=1S/C12H16N2O2/c1-8-7-13-11(14-9(8)10(15)16)12(2)5-3-4-6-12/h7H,3-6H2,1-2H3,(H,15,16). The Bertz CT molecular complexity index is 423. The Kier molecular flexibility index (Phi) is 2.66. The van der Waals surface area contributed by atoms with Gasteiger partial charge < -0.3 is 5.11 Å². The predicted octanol–water partition coefficient (Wildman–Crippen LogP) is 2.31. The molecule has 1 aliphatic rings. The van der Waals surface area contributed by atoms with Crippen molar-refractivity contribution in [1.29, 1.82) is 0 Å². The predicted molar refractivity (Wildman–Crippen MR) is 59.5 cm³/mol. The fourth-order valence-corrected chi connectivity index (χ4v) is 2.33. The van der Waals surface area contributed by atoms with E-state index in [1.54, 1.807) is 13.1 Å². The molecule has 4 nitrogen and oxygen atoms in total. The number of carboxylic acids is 1. The average Bonchev–Trinajstić information content (AvgIpc) is 2.66. The number of carboxylic acid groups (broad SMARTS) is 1. The maximum absolute atomic E-state index is 11.0. The minimum atomic E-state index is -0.970. The Labute approximate surface area is 94.7 Å². The topological polar surface area (TPSA) is 63.1 Å². The fourth-order valence-electron chi connectivity index (χ4n) is 2.33. The quantitative estimate of drug-likeness (QED) is 0.830. The molecular formula is C12H16N2O2. The Morgan fingerprint density at radius 3 is 2.62 bits per heavy atom. The number of aryl methyl sites for hydroxylation is 1. The van der Waals surface area contributed by atoms with Gasteiger partial charge in [0.2, 0.25) is 0 Å². The van der Waals surface area contributed by atoms with E-state index in [1.807, 2.05) is 0 Å². The van der Waals surface area contributed by atoms with Gasteiger partial charge in [0.1, 0.15) is 5.82 Å². The van der Waals surface area contributed by atoms with E-state index in [1.165, 1.54) is 12.8 Å². The van der Waals surface area contributed by atoms with Gasteiger partial charge in [-0.15, -0.1) is 0 Å². The van der Waals surface area contributed by atoms with Gasteiger partial charge >= 0.3 is 5.97 Å². The zero-order valence-corrected chi connectivity index (χ0v) is 9.66. The van der Waals surface area contributed by atoms with Gasteiger partial charge in [-0.3, -0.25) is 0 Å². The molecule has 2 rings (SSSR count). The van der Waals surface area contributed by atoms with Crippen LogP contribution in [0.2, 0.25) is 0 Å².